The molecule has 1 aromatic rings. The molecule has 1 N–H and O–H groups in total. The van der Waals surface area contributed by atoms with Gasteiger partial charge in [0.15, 0.2) is 11.6 Å². The van der Waals surface area contributed by atoms with Gasteiger partial charge in [0.2, 0.25) is 0 Å². The van der Waals surface area contributed by atoms with Crippen molar-refractivity contribution < 1.29 is 13.3 Å². The summed E-state index contributed by atoms with van der Waals surface area (Å²) >= 11 is 3.12. The maximum absolute atomic E-state index is 13.9. The summed E-state index contributed by atoms with van der Waals surface area (Å²) in [5.41, 5.74) is 0.640. The lowest BCUT2D eigenvalue weighted by Gasteiger charge is -2.23. The van der Waals surface area contributed by atoms with Gasteiger partial charge in [-0.05, 0) is 49.7 Å². The lowest BCUT2D eigenvalue weighted by atomic mass is 10.1. The third-order valence-corrected chi connectivity index (χ3v) is 4.88. The van der Waals surface area contributed by atoms with Crippen molar-refractivity contribution in [2.24, 2.45) is 0 Å². The molecule has 0 saturated carbocycles. The lowest BCUT2D eigenvalue weighted by Crippen LogP contribution is -2.35. The summed E-state index contributed by atoms with van der Waals surface area (Å²) in [5, 5.41) is 0. The minimum absolute atomic E-state index is 0.167. The van der Waals surface area contributed by atoms with Crippen molar-refractivity contribution in [2.75, 3.05) is 7.11 Å². The van der Waals surface area contributed by atoms with Crippen LogP contribution < -0.4 is 9.46 Å². The second kappa shape index (κ2) is 6.33. The molecule has 3 nitrogen and oxygen atoms in total. The van der Waals surface area contributed by atoms with Crippen LogP contribution in [0.3, 0.4) is 0 Å². The van der Waals surface area contributed by atoms with Crippen LogP contribution >= 0.6 is 15.9 Å². The van der Waals surface area contributed by atoms with Crippen LogP contribution in [0.4, 0.5) is 4.39 Å². The first kappa shape index (κ1) is 16.6. The first-order chi connectivity index (χ1) is 8.68. The van der Waals surface area contributed by atoms with Crippen LogP contribution in [-0.4, -0.2) is 16.1 Å². The van der Waals surface area contributed by atoms with Gasteiger partial charge >= 0.3 is 0 Å². The highest BCUT2D eigenvalue weighted by atomic mass is 79.9. The molecule has 0 aliphatic rings. The lowest BCUT2D eigenvalue weighted by molar-refractivity contribution is 0.376. The molecule has 0 fully saturated rings. The Morgan fingerprint density at radius 2 is 2.00 bits per heavy atom. The van der Waals surface area contributed by atoms with E-state index in [0.29, 0.717) is 10.0 Å². The van der Waals surface area contributed by atoms with Gasteiger partial charge in [-0.2, -0.15) is 0 Å². The average molecular weight is 352 g/mol. The van der Waals surface area contributed by atoms with Crippen LogP contribution in [0.15, 0.2) is 16.6 Å². The van der Waals surface area contributed by atoms with Crippen molar-refractivity contribution in [1.82, 2.24) is 4.72 Å². The van der Waals surface area contributed by atoms with E-state index in [2.05, 4.69) is 20.7 Å². The first-order valence-electron chi connectivity index (χ1n) is 5.88. The molecule has 0 amide bonds. The third kappa shape index (κ3) is 4.00. The topological polar surface area (TPSA) is 38.3 Å². The van der Waals surface area contributed by atoms with Crippen molar-refractivity contribution in [1.29, 1.82) is 0 Å². The Kier molecular flexibility index (Phi) is 5.53. The fraction of sp³-hybridized carbons (Fsp3) is 0.538. The van der Waals surface area contributed by atoms with E-state index in [1.807, 2.05) is 27.7 Å². The van der Waals surface area contributed by atoms with Crippen molar-refractivity contribution in [3.8, 4) is 5.75 Å². The molecule has 0 spiro atoms. The zero-order chi connectivity index (χ0) is 14.8. The molecule has 0 heterocycles. The second-order valence-corrected chi connectivity index (χ2v) is 8.06. The summed E-state index contributed by atoms with van der Waals surface area (Å²) < 4.78 is 34.0. The van der Waals surface area contributed by atoms with Gasteiger partial charge in [-0.1, -0.05) is 6.07 Å². The highest BCUT2D eigenvalue weighted by Gasteiger charge is 2.24. The molecule has 6 heteroatoms. The highest BCUT2D eigenvalue weighted by molar-refractivity contribution is 9.10. The van der Waals surface area contributed by atoms with Gasteiger partial charge in [-0.15, -0.1) is 0 Å². The summed E-state index contributed by atoms with van der Waals surface area (Å²) in [6.45, 7) is 7.46. The molecule has 0 aliphatic heterocycles. The quantitative estimate of drug-likeness (QED) is 0.897. The van der Waals surface area contributed by atoms with E-state index in [-0.39, 0.29) is 16.5 Å². The maximum atomic E-state index is 13.9. The van der Waals surface area contributed by atoms with Crippen molar-refractivity contribution in [3.05, 3.63) is 28.0 Å². The van der Waals surface area contributed by atoms with Gasteiger partial charge in [0.05, 0.1) is 27.3 Å². The SMILES string of the molecule is COc1c([C@H](C)NS(=O)C(C)(C)C)ccc(Br)c1F. The Balaban J connectivity index is 3.04. The summed E-state index contributed by atoms with van der Waals surface area (Å²) in [6, 6.07) is 3.09. The van der Waals surface area contributed by atoms with Gasteiger partial charge in [-0.3, -0.25) is 0 Å². The van der Waals surface area contributed by atoms with E-state index in [1.54, 1.807) is 12.1 Å². The van der Waals surface area contributed by atoms with E-state index in [0.717, 1.165) is 0 Å². The molecular weight excluding hydrogens is 333 g/mol. The predicted molar refractivity (Wildman–Crippen MR) is 80.1 cm³/mol. The fourth-order valence-electron chi connectivity index (χ4n) is 1.50. The van der Waals surface area contributed by atoms with Gasteiger partial charge in [0, 0.05) is 11.6 Å². The van der Waals surface area contributed by atoms with Crippen LogP contribution in [0.1, 0.15) is 39.3 Å². The van der Waals surface area contributed by atoms with E-state index in [1.165, 1.54) is 7.11 Å². The largest absolute Gasteiger partial charge is 0.493 e. The summed E-state index contributed by atoms with van der Waals surface area (Å²) in [7, 11) is 0.189. The molecular formula is C13H19BrFNO2S. The van der Waals surface area contributed by atoms with Crippen LogP contribution in [0, 0.1) is 5.82 Å². The van der Waals surface area contributed by atoms with Gasteiger partial charge in [-0.25, -0.2) is 13.3 Å². The predicted octanol–water partition coefficient (Wildman–Crippen LogP) is 3.71. The van der Waals surface area contributed by atoms with Crippen LogP contribution in [0.5, 0.6) is 5.75 Å². The number of hydrogen-bond donors (Lipinski definition) is 1. The number of halogens is 2. The molecule has 0 aromatic heterocycles. The Bertz CT molecular complexity index is 488. The summed E-state index contributed by atoms with van der Waals surface area (Å²) in [6.07, 6.45) is 0. The minimum Gasteiger partial charge on any atom is -0.493 e. The molecule has 0 aliphatic carbocycles. The average Bonchev–Trinajstić information content (AvgIpc) is 2.30. The molecule has 0 radical (unpaired) electrons. The number of ether oxygens (including phenoxy) is 1. The van der Waals surface area contributed by atoms with E-state index in [9.17, 15) is 8.60 Å². The maximum Gasteiger partial charge on any atom is 0.179 e. The summed E-state index contributed by atoms with van der Waals surface area (Å²) in [5.74, 6) is -0.282. The number of nitrogens with one attached hydrogen (secondary N) is 1. The van der Waals surface area contributed by atoms with Crippen molar-refractivity contribution >= 4 is 26.9 Å². The van der Waals surface area contributed by atoms with E-state index in [4.69, 9.17) is 4.74 Å². The fourth-order valence-corrected chi connectivity index (χ4v) is 2.61. The van der Waals surface area contributed by atoms with Gasteiger partial charge in [0.25, 0.3) is 0 Å². The van der Waals surface area contributed by atoms with Crippen LogP contribution in [0.2, 0.25) is 0 Å². The standard InChI is InChI=1S/C13H19BrFNO2S/c1-8(16-19(17)13(2,3)4)9-6-7-10(14)11(15)12(9)18-5/h6-8,16H,1-5H3/t8-,19?/m0/s1. The number of hydrogen-bond acceptors (Lipinski definition) is 2. The van der Waals surface area contributed by atoms with Crippen molar-refractivity contribution in [2.45, 2.75) is 38.5 Å². The Morgan fingerprint density at radius 1 is 1.42 bits per heavy atom. The zero-order valence-corrected chi connectivity index (χ0v) is 14.1. The van der Waals surface area contributed by atoms with Crippen LogP contribution in [0.25, 0.3) is 0 Å². The molecule has 0 saturated heterocycles. The monoisotopic (exact) mass is 351 g/mol. The Morgan fingerprint density at radius 3 is 2.47 bits per heavy atom. The molecule has 1 unspecified atom stereocenters. The molecule has 1 rings (SSSR count). The third-order valence-electron chi connectivity index (χ3n) is 2.59. The number of rotatable bonds is 4. The van der Waals surface area contributed by atoms with Crippen LogP contribution in [-0.2, 0) is 11.0 Å². The van der Waals surface area contributed by atoms with E-state index >= 15 is 0 Å². The smallest absolute Gasteiger partial charge is 0.179 e. The molecule has 108 valence electrons. The minimum atomic E-state index is -1.23. The van der Waals surface area contributed by atoms with Gasteiger partial charge in [0.1, 0.15) is 0 Å². The number of methoxy groups -OCH3 is 1. The highest BCUT2D eigenvalue weighted by Crippen LogP contribution is 2.33. The Hall–Kier alpha value is -0.460. The number of benzene rings is 1. The second-order valence-electron chi connectivity index (χ2n) is 5.20. The molecule has 2 atom stereocenters. The summed E-state index contributed by atoms with van der Waals surface area (Å²) in [4.78, 5) is 0. The molecule has 0 bridgehead atoms. The zero-order valence-electron chi connectivity index (χ0n) is 11.7. The van der Waals surface area contributed by atoms with Crippen molar-refractivity contribution in [3.63, 3.8) is 0 Å². The van der Waals surface area contributed by atoms with E-state index < -0.39 is 16.8 Å². The molecule has 19 heavy (non-hydrogen) atoms. The normalized spacial score (nSPS) is 15.1. The van der Waals surface area contributed by atoms with Gasteiger partial charge < -0.3 is 4.74 Å². The molecule has 1 aromatic carbocycles. The first-order valence-corrected chi connectivity index (χ1v) is 7.82. The Labute approximate surface area is 124 Å².